The third kappa shape index (κ3) is 3.41. The van der Waals surface area contributed by atoms with Crippen LogP contribution in [0.3, 0.4) is 0 Å². The van der Waals surface area contributed by atoms with Gasteiger partial charge in [-0.15, -0.1) is 0 Å². The highest BCUT2D eigenvalue weighted by atomic mass is 16.5. The molecule has 0 aromatic rings. The SMILES string of the molecule is CC(=O)O[C@H]1C[C@]2(C)[C@H](CC[C@@H]3[C@@]4(C)CCCC(C)(C)[C@@H]4CC[C@]32C)[C@@]2(C)CC[C@H](C(C)(C)O)[C@H]12. The highest BCUT2D eigenvalue weighted by molar-refractivity contribution is 5.66. The Morgan fingerprint density at radius 1 is 0.800 bits per heavy atom. The summed E-state index contributed by atoms with van der Waals surface area (Å²) in [4.78, 5) is 12.4. The zero-order chi connectivity index (χ0) is 25.8. The Bertz CT molecular complexity index is 871. The second-order valence-corrected chi connectivity index (χ2v) is 16.1. The van der Waals surface area contributed by atoms with Gasteiger partial charge in [0.15, 0.2) is 0 Å². The molecule has 0 aromatic carbocycles. The normalized spacial score (nSPS) is 53.1. The van der Waals surface area contributed by atoms with Gasteiger partial charge in [0.25, 0.3) is 0 Å². The molecule has 5 rings (SSSR count). The van der Waals surface area contributed by atoms with Crippen molar-refractivity contribution in [3.8, 4) is 0 Å². The number of carbonyl (C=O) groups is 1. The topological polar surface area (TPSA) is 46.5 Å². The first-order valence-corrected chi connectivity index (χ1v) is 14.9. The number of fused-ring (bicyclic) bond motifs is 7. The quantitative estimate of drug-likeness (QED) is 0.405. The predicted molar refractivity (Wildman–Crippen MR) is 142 cm³/mol. The number of carbonyl (C=O) groups excluding carboxylic acids is 1. The van der Waals surface area contributed by atoms with Crippen LogP contribution >= 0.6 is 0 Å². The Morgan fingerprint density at radius 3 is 2.03 bits per heavy atom. The molecule has 35 heavy (non-hydrogen) atoms. The van der Waals surface area contributed by atoms with Crippen LogP contribution in [0.1, 0.15) is 127 Å². The van der Waals surface area contributed by atoms with Crippen molar-refractivity contribution in [3.63, 3.8) is 0 Å². The van der Waals surface area contributed by atoms with Crippen molar-refractivity contribution in [2.45, 2.75) is 138 Å². The van der Waals surface area contributed by atoms with Crippen LogP contribution < -0.4 is 0 Å². The minimum Gasteiger partial charge on any atom is -0.462 e. The lowest BCUT2D eigenvalue weighted by molar-refractivity contribution is -0.263. The van der Waals surface area contributed by atoms with Gasteiger partial charge in [-0.2, -0.15) is 0 Å². The van der Waals surface area contributed by atoms with Crippen LogP contribution in [0.2, 0.25) is 0 Å². The lowest BCUT2D eigenvalue weighted by Crippen LogP contribution is -2.68. The van der Waals surface area contributed by atoms with Crippen molar-refractivity contribution < 1.29 is 14.6 Å². The Hall–Kier alpha value is -0.570. The van der Waals surface area contributed by atoms with E-state index < -0.39 is 5.60 Å². The summed E-state index contributed by atoms with van der Waals surface area (Å²) in [7, 11) is 0. The minimum atomic E-state index is -0.741. The summed E-state index contributed by atoms with van der Waals surface area (Å²) in [5.41, 5.74) is 0.674. The summed E-state index contributed by atoms with van der Waals surface area (Å²) in [6, 6.07) is 0. The number of rotatable bonds is 2. The highest BCUT2D eigenvalue weighted by Crippen LogP contribution is 2.78. The smallest absolute Gasteiger partial charge is 0.302 e. The third-order valence-electron chi connectivity index (χ3n) is 13.8. The molecule has 5 aliphatic rings. The van der Waals surface area contributed by atoms with Crippen LogP contribution in [0.25, 0.3) is 0 Å². The Morgan fingerprint density at radius 2 is 1.43 bits per heavy atom. The fourth-order valence-electron chi connectivity index (χ4n) is 12.5. The second-order valence-electron chi connectivity index (χ2n) is 16.1. The molecule has 10 atom stereocenters. The zero-order valence-electron chi connectivity index (χ0n) is 24.3. The van der Waals surface area contributed by atoms with Crippen molar-refractivity contribution in [2.75, 3.05) is 0 Å². The van der Waals surface area contributed by atoms with Gasteiger partial charge in [0.05, 0.1) is 5.60 Å². The van der Waals surface area contributed by atoms with Crippen LogP contribution in [0.4, 0.5) is 0 Å². The van der Waals surface area contributed by atoms with Crippen molar-refractivity contribution in [1.29, 1.82) is 0 Å². The highest BCUT2D eigenvalue weighted by Gasteiger charge is 2.72. The Balaban J connectivity index is 1.58. The second kappa shape index (κ2) is 7.73. The molecule has 0 amide bonds. The summed E-state index contributed by atoms with van der Waals surface area (Å²) < 4.78 is 6.25. The summed E-state index contributed by atoms with van der Waals surface area (Å²) in [5.74, 6) is 2.51. The molecular weight excluding hydrogens is 432 g/mol. The first-order valence-electron chi connectivity index (χ1n) is 14.9. The fourth-order valence-corrected chi connectivity index (χ4v) is 12.5. The van der Waals surface area contributed by atoms with Gasteiger partial charge < -0.3 is 9.84 Å². The van der Waals surface area contributed by atoms with Gasteiger partial charge in [0.2, 0.25) is 0 Å². The lowest BCUT2D eigenvalue weighted by atomic mass is 9.31. The van der Waals surface area contributed by atoms with Crippen LogP contribution in [0.15, 0.2) is 0 Å². The molecule has 0 aliphatic heterocycles. The maximum absolute atomic E-state index is 12.4. The largest absolute Gasteiger partial charge is 0.462 e. The molecule has 5 saturated carbocycles. The van der Waals surface area contributed by atoms with Gasteiger partial charge in [-0.25, -0.2) is 0 Å². The van der Waals surface area contributed by atoms with Gasteiger partial charge >= 0.3 is 5.97 Å². The van der Waals surface area contributed by atoms with Crippen molar-refractivity contribution >= 4 is 5.97 Å². The third-order valence-corrected chi connectivity index (χ3v) is 13.8. The monoisotopic (exact) mass is 486 g/mol. The predicted octanol–water partition coefficient (Wildman–Crippen LogP) is 7.79. The molecule has 0 aromatic heterocycles. The number of hydrogen-bond acceptors (Lipinski definition) is 3. The molecule has 5 aliphatic carbocycles. The molecule has 0 unspecified atom stereocenters. The van der Waals surface area contributed by atoms with Crippen molar-refractivity contribution in [3.05, 3.63) is 0 Å². The van der Waals surface area contributed by atoms with E-state index in [1.807, 2.05) is 13.8 Å². The van der Waals surface area contributed by atoms with Crippen LogP contribution in [0, 0.1) is 56.7 Å². The van der Waals surface area contributed by atoms with Gasteiger partial charge in [-0.3, -0.25) is 4.79 Å². The molecule has 1 N–H and O–H groups in total. The van der Waals surface area contributed by atoms with Crippen LogP contribution in [0.5, 0.6) is 0 Å². The van der Waals surface area contributed by atoms with Crippen LogP contribution in [-0.4, -0.2) is 22.8 Å². The Kier molecular flexibility index (Phi) is 5.76. The average molecular weight is 487 g/mol. The maximum Gasteiger partial charge on any atom is 0.302 e. The molecule has 3 heteroatoms. The van der Waals surface area contributed by atoms with E-state index in [9.17, 15) is 9.90 Å². The van der Waals surface area contributed by atoms with E-state index >= 15 is 0 Å². The molecule has 0 radical (unpaired) electrons. The minimum absolute atomic E-state index is 0.0819. The molecule has 3 nitrogen and oxygen atoms in total. The first kappa shape index (κ1) is 26.1. The molecule has 0 bridgehead atoms. The summed E-state index contributed by atoms with van der Waals surface area (Å²) in [6.07, 6.45) is 12.5. The van der Waals surface area contributed by atoms with E-state index in [0.29, 0.717) is 16.7 Å². The van der Waals surface area contributed by atoms with Crippen molar-refractivity contribution in [1.82, 2.24) is 0 Å². The molecule has 0 saturated heterocycles. The lowest BCUT2D eigenvalue weighted by Gasteiger charge is -2.73. The van der Waals surface area contributed by atoms with E-state index in [4.69, 9.17) is 4.74 Å². The molecular formula is C32H54O3. The van der Waals surface area contributed by atoms with Gasteiger partial charge in [0.1, 0.15) is 6.10 Å². The van der Waals surface area contributed by atoms with E-state index in [1.165, 1.54) is 44.9 Å². The number of hydrogen-bond donors (Lipinski definition) is 1. The number of esters is 1. The number of ether oxygens (including phenoxy) is 1. The van der Waals surface area contributed by atoms with Crippen molar-refractivity contribution in [2.24, 2.45) is 56.7 Å². The standard InChI is InChI=1S/C32H54O3/c1-20(33)35-22-19-32(9)25(30(7)17-13-21(26(22)30)28(4,5)34)12-11-24-29(6)16-10-15-27(2,3)23(29)14-18-31(24,32)8/h21-26,34H,10-19H2,1-9H3/t21-,22-,23-,24+,25+,26+,29-,30+,31+,32+/m0/s1. The van der Waals surface area contributed by atoms with Gasteiger partial charge in [-0.1, -0.05) is 48.0 Å². The summed E-state index contributed by atoms with van der Waals surface area (Å²) in [6.45, 7) is 21.1. The van der Waals surface area contributed by atoms with Gasteiger partial charge in [-0.05, 0) is 122 Å². The molecule has 0 spiro atoms. The maximum atomic E-state index is 12.4. The molecule has 0 heterocycles. The van der Waals surface area contributed by atoms with E-state index in [1.54, 1.807) is 6.92 Å². The summed E-state index contributed by atoms with van der Waals surface area (Å²) >= 11 is 0. The Labute approximate surface area is 215 Å². The molecule has 5 fully saturated rings. The van der Waals surface area contributed by atoms with Crippen LogP contribution in [-0.2, 0) is 9.53 Å². The van der Waals surface area contributed by atoms with Gasteiger partial charge in [0, 0.05) is 12.8 Å². The van der Waals surface area contributed by atoms with E-state index in [-0.39, 0.29) is 40.2 Å². The molecule has 200 valence electrons. The fraction of sp³-hybridized carbons (Fsp3) is 0.969. The van der Waals surface area contributed by atoms with E-state index in [2.05, 4.69) is 41.5 Å². The first-order chi connectivity index (χ1) is 16.0. The average Bonchev–Trinajstić information content (AvgIpc) is 3.06. The van der Waals surface area contributed by atoms with E-state index in [0.717, 1.165) is 31.1 Å². The zero-order valence-corrected chi connectivity index (χ0v) is 24.3. The summed E-state index contributed by atoms with van der Waals surface area (Å²) in [5, 5.41) is 11.2. The number of aliphatic hydroxyl groups is 1.